The maximum atomic E-state index is 5.89. The first kappa shape index (κ1) is 16.0. The first-order valence-electron chi connectivity index (χ1n) is 6.24. The van der Waals surface area contributed by atoms with Crippen LogP contribution < -0.4 is 12.4 Å². The van der Waals surface area contributed by atoms with Crippen LogP contribution in [0.25, 0.3) is 0 Å². The van der Waals surface area contributed by atoms with Gasteiger partial charge >= 0.3 is 0 Å². The molecular weight excluding hydrogens is 277 g/mol. The van der Waals surface area contributed by atoms with Crippen LogP contribution in [0.4, 0.5) is 0 Å². The lowest BCUT2D eigenvalue weighted by Gasteiger charge is -2.21. The molecule has 0 atom stereocenters. The van der Waals surface area contributed by atoms with Crippen molar-refractivity contribution < 1.29 is 12.4 Å². The summed E-state index contributed by atoms with van der Waals surface area (Å²) in [6, 6.07) is 21.1. The minimum Gasteiger partial charge on any atom is -1.00 e. The number of rotatable bonds is 6. The molecule has 0 saturated carbocycles. The van der Waals surface area contributed by atoms with E-state index in [2.05, 4.69) is 53.4 Å². The highest BCUT2D eigenvalue weighted by Gasteiger charge is 2.06. The van der Waals surface area contributed by atoms with Gasteiger partial charge in [-0.15, -0.1) is 11.6 Å². The van der Waals surface area contributed by atoms with Crippen LogP contribution in [0.2, 0.25) is 0 Å². The summed E-state index contributed by atoms with van der Waals surface area (Å²) in [6.45, 7) is 2.80. The lowest BCUT2D eigenvalue weighted by molar-refractivity contribution is -0.00000363. The fourth-order valence-electron chi connectivity index (χ4n) is 2.02. The van der Waals surface area contributed by atoms with E-state index >= 15 is 0 Å². The predicted molar refractivity (Wildman–Crippen MR) is 77.7 cm³/mol. The predicted octanol–water partition coefficient (Wildman–Crippen LogP) is 0.932. The molecule has 3 heteroatoms. The van der Waals surface area contributed by atoms with E-state index in [0.29, 0.717) is 5.88 Å². The monoisotopic (exact) mass is 294 g/mol. The van der Waals surface area contributed by atoms with Crippen molar-refractivity contribution in [2.45, 2.75) is 13.1 Å². The standard InChI is InChI=1S/C16H18ClN.ClH/c17-11-12-18(13-15-7-3-1-4-8-15)14-16-9-5-2-6-10-16;/h1-10H,11-14H2;1H/p-1. The van der Waals surface area contributed by atoms with Crippen LogP contribution in [0.3, 0.4) is 0 Å². The van der Waals surface area contributed by atoms with Gasteiger partial charge in [0.1, 0.15) is 0 Å². The summed E-state index contributed by atoms with van der Waals surface area (Å²) in [5.41, 5.74) is 2.66. The Morgan fingerprint density at radius 3 is 1.53 bits per heavy atom. The average molecular weight is 295 g/mol. The van der Waals surface area contributed by atoms with Gasteiger partial charge in [0.25, 0.3) is 0 Å². The quantitative estimate of drug-likeness (QED) is 0.717. The van der Waals surface area contributed by atoms with Crippen LogP contribution in [0.1, 0.15) is 11.1 Å². The molecule has 1 nitrogen and oxygen atoms in total. The zero-order valence-electron chi connectivity index (χ0n) is 10.8. The van der Waals surface area contributed by atoms with Gasteiger partial charge in [0.2, 0.25) is 0 Å². The second kappa shape index (κ2) is 8.98. The van der Waals surface area contributed by atoms with E-state index in [1.165, 1.54) is 11.1 Å². The lowest BCUT2D eigenvalue weighted by atomic mass is 10.1. The molecule has 0 saturated heterocycles. The fraction of sp³-hybridized carbons (Fsp3) is 0.250. The molecule has 0 heterocycles. The summed E-state index contributed by atoms with van der Waals surface area (Å²) in [5, 5.41) is 0. The Bertz CT molecular complexity index is 403. The minimum atomic E-state index is 0. The molecule has 0 amide bonds. The molecule has 0 spiro atoms. The van der Waals surface area contributed by atoms with Gasteiger partial charge in [-0.25, -0.2) is 0 Å². The van der Waals surface area contributed by atoms with Crippen molar-refractivity contribution >= 4 is 11.6 Å². The van der Waals surface area contributed by atoms with Crippen molar-refractivity contribution in [3.05, 3.63) is 71.8 Å². The molecule has 0 unspecified atom stereocenters. The summed E-state index contributed by atoms with van der Waals surface area (Å²) >= 11 is 5.89. The maximum Gasteiger partial charge on any atom is 0.0351 e. The van der Waals surface area contributed by atoms with Gasteiger partial charge < -0.3 is 12.4 Å². The van der Waals surface area contributed by atoms with Gasteiger partial charge in [-0.2, -0.15) is 0 Å². The highest BCUT2D eigenvalue weighted by molar-refractivity contribution is 6.18. The van der Waals surface area contributed by atoms with E-state index in [1.807, 2.05) is 12.1 Å². The van der Waals surface area contributed by atoms with Gasteiger partial charge in [-0.05, 0) is 11.1 Å². The molecule has 0 aromatic heterocycles. The topological polar surface area (TPSA) is 3.24 Å². The van der Waals surface area contributed by atoms with E-state index in [9.17, 15) is 0 Å². The van der Waals surface area contributed by atoms with Crippen LogP contribution in [-0.4, -0.2) is 17.3 Å². The van der Waals surface area contributed by atoms with E-state index in [-0.39, 0.29) is 12.4 Å². The van der Waals surface area contributed by atoms with Gasteiger partial charge in [0.05, 0.1) is 0 Å². The number of hydrogen-bond donors (Lipinski definition) is 0. The Kier molecular flexibility index (Phi) is 7.57. The van der Waals surface area contributed by atoms with Gasteiger partial charge in [-0.3, -0.25) is 4.90 Å². The third kappa shape index (κ3) is 5.65. The van der Waals surface area contributed by atoms with Crippen molar-refractivity contribution in [2.24, 2.45) is 0 Å². The van der Waals surface area contributed by atoms with E-state index in [0.717, 1.165) is 19.6 Å². The number of hydrogen-bond acceptors (Lipinski definition) is 1. The molecule has 2 rings (SSSR count). The summed E-state index contributed by atoms with van der Waals surface area (Å²) in [5.74, 6) is 0.666. The second-order valence-corrected chi connectivity index (χ2v) is 4.75. The number of nitrogens with zero attached hydrogens (tertiary/aromatic N) is 1. The third-order valence-electron chi connectivity index (χ3n) is 2.90. The zero-order valence-corrected chi connectivity index (χ0v) is 12.3. The highest BCUT2D eigenvalue weighted by Crippen LogP contribution is 2.09. The molecule has 0 N–H and O–H groups in total. The van der Waals surface area contributed by atoms with Crippen LogP contribution >= 0.6 is 11.6 Å². The molecule has 0 radical (unpaired) electrons. The van der Waals surface area contributed by atoms with Gasteiger partial charge in [0, 0.05) is 25.5 Å². The SMILES string of the molecule is ClCCN(Cc1ccccc1)Cc1ccccc1.[Cl-]. The molecule has 0 aliphatic carbocycles. The Labute approximate surface area is 126 Å². The minimum absolute atomic E-state index is 0. The van der Waals surface area contributed by atoms with Gasteiger partial charge in [0.15, 0.2) is 0 Å². The number of benzene rings is 2. The summed E-state index contributed by atoms with van der Waals surface area (Å²) in [7, 11) is 0. The number of halogens is 2. The first-order valence-corrected chi connectivity index (χ1v) is 6.78. The van der Waals surface area contributed by atoms with Crippen LogP contribution in [0.5, 0.6) is 0 Å². The van der Waals surface area contributed by atoms with E-state index < -0.39 is 0 Å². The van der Waals surface area contributed by atoms with Crippen molar-refractivity contribution in [3.8, 4) is 0 Å². The molecule has 0 bridgehead atoms. The molecule has 0 aliphatic heterocycles. The normalized spacial score (nSPS) is 10.2. The maximum absolute atomic E-state index is 5.89. The second-order valence-electron chi connectivity index (χ2n) is 4.37. The molecule has 0 fully saturated rings. The van der Waals surface area contributed by atoms with Crippen LogP contribution in [-0.2, 0) is 13.1 Å². The average Bonchev–Trinajstić information content (AvgIpc) is 2.41. The van der Waals surface area contributed by atoms with E-state index in [4.69, 9.17) is 11.6 Å². The lowest BCUT2D eigenvalue weighted by Crippen LogP contribution is -3.00. The molecule has 2 aromatic rings. The van der Waals surface area contributed by atoms with Crippen molar-refractivity contribution in [1.82, 2.24) is 4.90 Å². The summed E-state index contributed by atoms with van der Waals surface area (Å²) < 4.78 is 0. The Morgan fingerprint density at radius 2 is 1.16 bits per heavy atom. The van der Waals surface area contributed by atoms with Crippen molar-refractivity contribution in [1.29, 1.82) is 0 Å². The fourth-order valence-corrected chi connectivity index (χ4v) is 2.26. The summed E-state index contributed by atoms with van der Waals surface area (Å²) in [4.78, 5) is 2.37. The number of alkyl halides is 1. The Balaban J connectivity index is 0.00000180. The third-order valence-corrected chi connectivity index (χ3v) is 3.07. The highest BCUT2D eigenvalue weighted by atomic mass is 35.5. The summed E-state index contributed by atoms with van der Waals surface area (Å²) in [6.07, 6.45) is 0. The molecule has 19 heavy (non-hydrogen) atoms. The largest absolute Gasteiger partial charge is 1.00 e. The molecular formula is C16H18Cl2N-. The van der Waals surface area contributed by atoms with Crippen LogP contribution in [0.15, 0.2) is 60.7 Å². The molecule has 0 aliphatic rings. The first-order chi connectivity index (χ1) is 8.88. The Morgan fingerprint density at radius 1 is 0.737 bits per heavy atom. The Hall–Kier alpha value is -1.02. The van der Waals surface area contributed by atoms with Gasteiger partial charge in [-0.1, -0.05) is 60.7 Å². The van der Waals surface area contributed by atoms with Crippen molar-refractivity contribution in [3.63, 3.8) is 0 Å². The smallest absolute Gasteiger partial charge is 0.0351 e. The van der Waals surface area contributed by atoms with E-state index in [1.54, 1.807) is 0 Å². The molecule has 2 aromatic carbocycles. The van der Waals surface area contributed by atoms with Crippen molar-refractivity contribution in [2.75, 3.05) is 12.4 Å². The van der Waals surface area contributed by atoms with Crippen LogP contribution in [0, 0.1) is 0 Å². The zero-order chi connectivity index (χ0) is 12.6. The molecule has 102 valence electrons.